The maximum atomic E-state index is 12.3. The van der Waals surface area contributed by atoms with E-state index in [1.54, 1.807) is 0 Å². The molecule has 11 atom stereocenters. The fraction of sp³-hybridized carbons (Fsp3) is 0.920. The molecule has 15 nitrogen and oxygen atoms in total. The number of carbonyl (C=O) groups is 2. The second-order valence-electron chi connectivity index (χ2n) is 10.1. The summed E-state index contributed by atoms with van der Waals surface area (Å²) in [6, 6.07) is 0. The molecule has 0 bridgehead atoms. The molecule has 3 rings (SSSR count). The van der Waals surface area contributed by atoms with E-state index < -0.39 is 86.1 Å². The summed E-state index contributed by atoms with van der Waals surface area (Å²) in [7, 11) is 0. The highest BCUT2D eigenvalue weighted by Crippen LogP contribution is 2.30. The summed E-state index contributed by atoms with van der Waals surface area (Å²) >= 11 is 0. The van der Waals surface area contributed by atoms with E-state index in [4.69, 9.17) is 38.2 Å². The minimum Gasteiger partial charge on any atom is -0.462 e. The average Bonchev–Trinajstić information content (AvgIpc) is 3.40. The number of rotatable bonds is 15. The van der Waals surface area contributed by atoms with E-state index in [1.807, 2.05) is 13.8 Å². The van der Waals surface area contributed by atoms with Crippen LogP contribution in [-0.2, 0) is 47.8 Å². The summed E-state index contributed by atoms with van der Waals surface area (Å²) in [6.45, 7) is 2.76. The number of unbranched alkanes of at least 4 members (excludes halogenated alkanes) is 2. The number of esters is 2. The summed E-state index contributed by atoms with van der Waals surface area (Å²) in [5.41, 5.74) is 0. The maximum absolute atomic E-state index is 12.3. The maximum Gasteiger partial charge on any atom is 0.306 e. The van der Waals surface area contributed by atoms with E-state index in [-0.39, 0.29) is 32.7 Å². The molecule has 0 aromatic carbocycles. The van der Waals surface area contributed by atoms with Crippen molar-refractivity contribution in [2.24, 2.45) is 0 Å². The molecule has 3 fully saturated rings. The molecule has 3 aliphatic rings. The van der Waals surface area contributed by atoms with Gasteiger partial charge in [0.2, 0.25) is 0 Å². The zero-order valence-corrected chi connectivity index (χ0v) is 22.7. The third kappa shape index (κ3) is 9.00. The Hall–Kier alpha value is -1.50. The molecule has 3 saturated heterocycles. The van der Waals surface area contributed by atoms with Crippen LogP contribution in [0.15, 0.2) is 0 Å². The van der Waals surface area contributed by atoms with Crippen LogP contribution in [0.4, 0.5) is 0 Å². The molecule has 0 aliphatic carbocycles. The predicted molar refractivity (Wildman–Crippen MR) is 130 cm³/mol. The Kier molecular flexibility index (Phi) is 13.4. The summed E-state index contributed by atoms with van der Waals surface area (Å²) in [5.74, 6) is -0.979. The van der Waals surface area contributed by atoms with Crippen molar-refractivity contribution >= 4 is 11.9 Å². The van der Waals surface area contributed by atoms with E-state index in [9.17, 15) is 35.1 Å². The third-order valence-electron chi connectivity index (χ3n) is 6.76. The molecule has 0 radical (unpaired) electrons. The molecule has 0 aromatic rings. The molecule has 0 amide bonds. The van der Waals surface area contributed by atoms with Gasteiger partial charge >= 0.3 is 11.9 Å². The number of aliphatic hydroxyl groups excluding tert-OH is 5. The number of aliphatic hydroxyl groups is 5. The minimum atomic E-state index is -1.70. The molecule has 0 aromatic heterocycles. The number of fused-ring (bicyclic) bond motifs is 1. The number of hydrogen-bond donors (Lipinski definition) is 5. The van der Waals surface area contributed by atoms with Crippen LogP contribution in [0, 0.1) is 0 Å². The highest BCUT2D eigenvalue weighted by molar-refractivity contribution is 5.70. The first-order chi connectivity index (χ1) is 19.2. The summed E-state index contributed by atoms with van der Waals surface area (Å²) < 4.78 is 32.9. The highest BCUT2D eigenvalue weighted by atomic mass is 17.2. The lowest BCUT2D eigenvalue weighted by molar-refractivity contribution is -0.338. The van der Waals surface area contributed by atoms with E-state index in [0.29, 0.717) is 12.8 Å². The third-order valence-corrected chi connectivity index (χ3v) is 6.76. The molecule has 0 unspecified atom stereocenters. The van der Waals surface area contributed by atoms with Crippen molar-refractivity contribution in [3.05, 3.63) is 0 Å². The van der Waals surface area contributed by atoms with Crippen molar-refractivity contribution in [1.29, 1.82) is 0 Å². The van der Waals surface area contributed by atoms with Crippen LogP contribution in [0.1, 0.15) is 52.4 Å². The Morgan fingerprint density at radius 3 is 2.25 bits per heavy atom. The summed E-state index contributed by atoms with van der Waals surface area (Å²) in [6.07, 6.45) is -11.2. The van der Waals surface area contributed by atoms with Crippen molar-refractivity contribution in [2.75, 3.05) is 26.4 Å². The van der Waals surface area contributed by atoms with Gasteiger partial charge in [0.05, 0.1) is 13.2 Å². The second-order valence-corrected chi connectivity index (χ2v) is 10.1. The van der Waals surface area contributed by atoms with Gasteiger partial charge in [-0.15, -0.1) is 0 Å². The van der Waals surface area contributed by atoms with Crippen LogP contribution in [0.3, 0.4) is 0 Å². The zero-order valence-electron chi connectivity index (χ0n) is 22.7. The smallest absolute Gasteiger partial charge is 0.306 e. The van der Waals surface area contributed by atoms with Crippen molar-refractivity contribution in [3.8, 4) is 0 Å². The van der Waals surface area contributed by atoms with Gasteiger partial charge in [-0.05, 0) is 12.8 Å². The molecule has 232 valence electrons. The van der Waals surface area contributed by atoms with Crippen LogP contribution in [0.25, 0.3) is 0 Å². The van der Waals surface area contributed by atoms with Gasteiger partial charge in [0, 0.05) is 12.8 Å². The topological polar surface area (TPSA) is 209 Å². The van der Waals surface area contributed by atoms with E-state index in [2.05, 4.69) is 0 Å². The minimum absolute atomic E-state index is 0.00970. The van der Waals surface area contributed by atoms with Crippen LogP contribution in [0.2, 0.25) is 0 Å². The van der Waals surface area contributed by atoms with Gasteiger partial charge in [0.15, 0.2) is 18.7 Å². The first kappa shape index (κ1) is 33.0. The van der Waals surface area contributed by atoms with Crippen LogP contribution in [0.5, 0.6) is 0 Å². The number of carbonyl (C=O) groups excluding carboxylic acids is 2. The molecule has 3 heterocycles. The highest BCUT2D eigenvalue weighted by Gasteiger charge is 2.51. The average molecular weight is 583 g/mol. The van der Waals surface area contributed by atoms with E-state index >= 15 is 0 Å². The molecule has 0 spiro atoms. The Balaban J connectivity index is 1.56. The van der Waals surface area contributed by atoms with Gasteiger partial charge in [-0.2, -0.15) is 0 Å². The first-order valence-corrected chi connectivity index (χ1v) is 13.7. The molecule has 3 aliphatic heterocycles. The standard InChI is InChI=1S/C25H42O15/c1-3-5-6-8-17(27)37-13(9-33-16(26)7-4-2)10-34-24-21(31)19(29)18(28)14(38-24)11-35-25-22(32)20(30)23-15(39-25)12-36-40-23/h13-15,18-25,28-32H,3-12H2,1-2H3/t13-,14-,15-,18+,19+,20-,21-,22-,23+,24-,25+/m1/s1. The molecule has 0 saturated carbocycles. The summed E-state index contributed by atoms with van der Waals surface area (Å²) in [4.78, 5) is 33.8. The second kappa shape index (κ2) is 16.2. The van der Waals surface area contributed by atoms with Crippen molar-refractivity contribution in [3.63, 3.8) is 0 Å². The molecule has 15 heteroatoms. The quantitative estimate of drug-likeness (QED) is 0.0840. The number of hydrogen-bond acceptors (Lipinski definition) is 15. The van der Waals surface area contributed by atoms with E-state index in [1.165, 1.54) is 0 Å². The predicted octanol–water partition coefficient (Wildman–Crippen LogP) is -1.56. The monoisotopic (exact) mass is 582 g/mol. The fourth-order valence-corrected chi connectivity index (χ4v) is 4.41. The van der Waals surface area contributed by atoms with Gasteiger partial charge < -0.3 is 54.0 Å². The first-order valence-electron chi connectivity index (χ1n) is 13.7. The lowest BCUT2D eigenvalue weighted by atomic mass is 9.98. The molecule has 5 N–H and O–H groups in total. The van der Waals surface area contributed by atoms with Gasteiger partial charge in [-0.1, -0.05) is 26.7 Å². The van der Waals surface area contributed by atoms with Crippen molar-refractivity contribution in [2.45, 2.75) is 120 Å². The zero-order chi connectivity index (χ0) is 29.2. The number of ether oxygens (including phenoxy) is 6. The van der Waals surface area contributed by atoms with E-state index in [0.717, 1.165) is 12.8 Å². The van der Waals surface area contributed by atoms with Gasteiger partial charge in [0.25, 0.3) is 0 Å². The SMILES string of the molecule is CCCCCC(=O)O[C@H](COC(=O)CCC)CO[C@@H]1O[C@H](CO[C@H]2O[C@@H]3COO[C@@H]3[C@H](O)[C@H]2O)[C@H](O)[C@H](O)[C@H]1O. The Morgan fingerprint density at radius 2 is 1.52 bits per heavy atom. The lowest BCUT2D eigenvalue weighted by Crippen LogP contribution is -2.61. The lowest BCUT2D eigenvalue weighted by Gasteiger charge is -2.42. The molecule has 40 heavy (non-hydrogen) atoms. The Bertz CT molecular complexity index is 783. The van der Waals surface area contributed by atoms with Crippen LogP contribution >= 0.6 is 0 Å². The Morgan fingerprint density at radius 1 is 0.800 bits per heavy atom. The largest absolute Gasteiger partial charge is 0.462 e. The summed E-state index contributed by atoms with van der Waals surface area (Å²) in [5, 5.41) is 51.8. The Labute approximate surface area is 232 Å². The van der Waals surface area contributed by atoms with Gasteiger partial charge in [-0.25, -0.2) is 9.78 Å². The molecular formula is C25H42O15. The van der Waals surface area contributed by atoms with Gasteiger partial charge in [0.1, 0.15) is 62.0 Å². The van der Waals surface area contributed by atoms with Crippen LogP contribution < -0.4 is 0 Å². The van der Waals surface area contributed by atoms with Crippen molar-refractivity contribution < 1.29 is 73.3 Å². The molecular weight excluding hydrogens is 540 g/mol. The van der Waals surface area contributed by atoms with Crippen molar-refractivity contribution in [1.82, 2.24) is 0 Å². The van der Waals surface area contributed by atoms with Gasteiger partial charge in [-0.3, -0.25) is 9.59 Å². The van der Waals surface area contributed by atoms with Crippen LogP contribution in [-0.4, -0.2) is 131 Å². The fourth-order valence-electron chi connectivity index (χ4n) is 4.41. The normalized spacial score (nSPS) is 36.6.